The van der Waals surface area contributed by atoms with Crippen LogP contribution in [0.15, 0.2) is 0 Å². The normalized spacial score (nSPS) is 38.7. The van der Waals surface area contributed by atoms with Crippen molar-refractivity contribution in [2.45, 2.75) is 38.8 Å². The van der Waals surface area contributed by atoms with Crippen molar-refractivity contribution in [1.82, 2.24) is 4.90 Å². The molecule has 94 valence electrons. The van der Waals surface area contributed by atoms with Crippen LogP contribution in [0.25, 0.3) is 0 Å². The zero-order valence-corrected chi connectivity index (χ0v) is 11.0. The van der Waals surface area contributed by atoms with Crippen LogP contribution in [0.3, 0.4) is 0 Å². The standard InChI is InChI=1S/C11H22N2O2S/c1-11(2)4-3-5-13(8-11)10-7-16(14,15)6-9(10)12/h9-10H,3-8,12H2,1-2H3. The van der Waals surface area contributed by atoms with Crippen molar-refractivity contribution in [2.24, 2.45) is 11.1 Å². The second-order valence-electron chi connectivity index (χ2n) is 6.05. The van der Waals surface area contributed by atoms with Crippen LogP contribution in [0, 0.1) is 5.41 Å². The van der Waals surface area contributed by atoms with E-state index >= 15 is 0 Å². The largest absolute Gasteiger partial charge is 0.325 e. The molecule has 2 N–H and O–H groups in total. The van der Waals surface area contributed by atoms with E-state index in [-0.39, 0.29) is 23.6 Å². The van der Waals surface area contributed by atoms with E-state index < -0.39 is 9.84 Å². The first-order valence-electron chi connectivity index (χ1n) is 5.99. The van der Waals surface area contributed by atoms with Gasteiger partial charge in [-0.25, -0.2) is 8.42 Å². The van der Waals surface area contributed by atoms with Crippen LogP contribution in [0.2, 0.25) is 0 Å². The Labute approximate surface area is 98.1 Å². The predicted molar refractivity (Wildman–Crippen MR) is 65.0 cm³/mol. The summed E-state index contributed by atoms with van der Waals surface area (Å²) >= 11 is 0. The minimum atomic E-state index is -2.90. The van der Waals surface area contributed by atoms with Crippen molar-refractivity contribution in [3.63, 3.8) is 0 Å². The molecule has 0 saturated carbocycles. The molecule has 16 heavy (non-hydrogen) atoms. The molecule has 0 aromatic heterocycles. The summed E-state index contributed by atoms with van der Waals surface area (Å²) in [5.74, 6) is 0.416. The van der Waals surface area contributed by atoms with E-state index in [9.17, 15) is 8.42 Å². The van der Waals surface area contributed by atoms with Crippen molar-refractivity contribution in [3.8, 4) is 0 Å². The fourth-order valence-electron chi connectivity index (χ4n) is 2.98. The van der Waals surface area contributed by atoms with Crippen LogP contribution < -0.4 is 5.73 Å². The maximum absolute atomic E-state index is 11.5. The molecule has 0 aromatic carbocycles. The molecule has 2 fully saturated rings. The number of likely N-dealkylation sites (tertiary alicyclic amines) is 1. The summed E-state index contributed by atoms with van der Waals surface area (Å²) in [6.45, 7) is 6.46. The lowest BCUT2D eigenvalue weighted by Crippen LogP contribution is -2.52. The molecule has 2 saturated heterocycles. The predicted octanol–water partition coefficient (Wildman–Crippen LogP) is 0.233. The maximum Gasteiger partial charge on any atom is 0.153 e. The summed E-state index contributed by atoms with van der Waals surface area (Å²) in [6, 6.07) is -0.150. The first kappa shape index (κ1) is 12.3. The average molecular weight is 246 g/mol. The van der Waals surface area contributed by atoms with Gasteiger partial charge in [0.25, 0.3) is 0 Å². The Hall–Kier alpha value is -0.130. The Morgan fingerprint density at radius 3 is 2.50 bits per heavy atom. The summed E-state index contributed by atoms with van der Waals surface area (Å²) in [6.07, 6.45) is 2.37. The zero-order valence-electron chi connectivity index (χ0n) is 10.1. The van der Waals surface area contributed by atoms with Gasteiger partial charge in [0.05, 0.1) is 11.5 Å². The molecule has 5 heteroatoms. The fraction of sp³-hybridized carbons (Fsp3) is 1.00. The van der Waals surface area contributed by atoms with Crippen molar-refractivity contribution in [1.29, 1.82) is 0 Å². The van der Waals surface area contributed by atoms with E-state index in [0.29, 0.717) is 5.41 Å². The Bertz CT molecular complexity index is 364. The topological polar surface area (TPSA) is 63.4 Å². The molecule has 2 aliphatic rings. The van der Waals surface area contributed by atoms with Gasteiger partial charge >= 0.3 is 0 Å². The van der Waals surface area contributed by atoms with Crippen molar-refractivity contribution < 1.29 is 8.42 Å². The van der Waals surface area contributed by atoms with E-state index in [1.54, 1.807) is 0 Å². The minimum absolute atomic E-state index is 0.0459. The Morgan fingerprint density at radius 2 is 2.00 bits per heavy atom. The number of hydrogen-bond acceptors (Lipinski definition) is 4. The number of piperidine rings is 1. The highest BCUT2D eigenvalue weighted by Crippen LogP contribution is 2.31. The van der Waals surface area contributed by atoms with Gasteiger partial charge in [-0.3, -0.25) is 4.90 Å². The second-order valence-corrected chi connectivity index (χ2v) is 8.20. The van der Waals surface area contributed by atoms with Gasteiger partial charge in [0.15, 0.2) is 9.84 Å². The smallest absolute Gasteiger partial charge is 0.153 e. The Kier molecular flexibility index (Phi) is 3.05. The molecule has 2 unspecified atom stereocenters. The van der Waals surface area contributed by atoms with Gasteiger partial charge in [0.2, 0.25) is 0 Å². The highest BCUT2D eigenvalue weighted by Gasteiger charge is 2.41. The monoisotopic (exact) mass is 246 g/mol. The zero-order chi connectivity index (χ0) is 12.0. The Morgan fingerprint density at radius 1 is 1.31 bits per heavy atom. The van der Waals surface area contributed by atoms with Gasteiger partial charge in [-0.15, -0.1) is 0 Å². The lowest BCUT2D eigenvalue weighted by Gasteiger charge is -2.42. The Balaban J connectivity index is 2.08. The fourth-order valence-corrected chi connectivity index (χ4v) is 4.91. The highest BCUT2D eigenvalue weighted by molar-refractivity contribution is 7.91. The first-order chi connectivity index (χ1) is 7.29. The number of nitrogens with two attached hydrogens (primary N) is 1. The summed E-state index contributed by atoms with van der Waals surface area (Å²) in [5, 5.41) is 0. The molecular formula is C11H22N2O2S. The molecule has 0 radical (unpaired) electrons. The van der Waals surface area contributed by atoms with Crippen LogP contribution >= 0.6 is 0 Å². The van der Waals surface area contributed by atoms with Gasteiger partial charge in [-0.1, -0.05) is 13.8 Å². The second kappa shape index (κ2) is 3.96. The van der Waals surface area contributed by atoms with Gasteiger partial charge < -0.3 is 5.73 Å². The average Bonchev–Trinajstić information content (AvgIpc) is 2.38. The summed E-state index contributed by atoms with van der Waals surface area (Å²) in [5.41, 5.74) is 6.25. The molecule has 0 spiro atoms. The van der Waals surface area contributed by atoms with E-state index in [4.69, 9.17) is 5.73 Å². The van der Waals surface area contributed by atoms with Gasteiger partial charge in [0, 0.05) is 18.6 Å². The molecule has 0 amide bonds. The summed E-state index contributed by atoms with van der Waals surface area (Å²) in [4.78, 5) is 2.29. The number of sulfone groups is 1. The van der Waals surface area contributed by atoms with Crippen LogP contribution in [-0.4, -0.2) is 50.0 Å². The molecule has 4 nitrogen and oxygen atoms in total. The lowest BCUT2D eigenvalue weighted by molar-refractivity contribution is 0.0812. The third-order valence-corrected chi connectivity index (χ3v) is 5.51. The van der Waals surface area contributed by atoms with Crippen molar-refractivity contribution in [2.75, 3.05) is 24.6 Å². The number of nitrogens with zero attached hydrogens (tertiary/aromatic N) is 1. The molecule has 2 atom stereocenters. The molecule has 2 aliphatic heterocycles. The third kappa shape index (κ3) is 2.57. The molecular weight excluding hydrogens is 224 g/mol. The number of rotatable bonds is 1. The van der Waals surface area contributed by atoms with Gasteiger partial charge in [-0.2, -0.15) is 0 Å². The number of hydrogen-bond donors (Lipinski definition) is 1. The summed E-state index contributed by atoms with van der Waals surface area (Å²) < 4.78 is 23.1. The molecule has 0 aliphatic carbocycles. The van der Waals surface area contributed by atoms with E-state index in [1.807, 2.05) is 0 Å². The van der Waals surface area contributed by atoms with Crippen LogP contribution in [0.1, 0.15) is 26.7 Å². The lowest BCUT2D eigenvalue weighted by atomic mass is 9.83. The molecule has 2 rings (SSSR count). The van der Waals surface area contributed by atoms with Crippen molar-refractivity contribution >= 4 is 9.84 Å². The van der Waals surface area contributed by atoms with Gasteiger partial charge in [-0.05, 0) is 24.8 Å². The molecule has 2 heterocycles. The van der Waals surface area contributed by atoms with Crippen LogP contribution in [0.5, 0.6) is 0 Å². The first-order valence-corrected chi connectivity index (χ1v) is 7.81. The summed E-state index contributed by atoms with van der Waals surface area (Å²) in [7, 11) is -2.90. The highest BCUT2D eigenvalue weighted by atomic mass is 32.2. The quantitative estimate of drug-likeness (QED) is 0.719. The van der Waals surface area contributed by atoms with Crippen LogP contribution in [0.4, 0.5) is 0 Å². The van der Waals surface area contributed by atoms with E-state index in [1.165, 1.54) is 6.42 Å². The minimum Gasteiger partial charge on any atom is -0.325 e. The molecule has 0 bridgehead atoms. The molecule has 0 aromatic rings. The van der Waals surface area contributed by atoms with E-state index in [0.717, 1.165) is 19.5 Å². The van der Waals surface area contributed by atoms with E-state index in [2.05, 4.69) is 18.7 Å². The van der Waals surface area contributed by atoms with Crippen molar-refractivity contribution in [3.05, 3.63) is 0 Å². The van der Waals surface area contributed by atoms with Gasteiger partial charge in [0.1, 0.15) is 0 Å². The SMILES string of the molecule is CC1(C)CCCN(C2CS(=O)(=O)CC2N)C1. The van der Waals surface area contributed by atoms with Crippen LogP contribution in [-0.2, 0) is 9.84 Å². The maximum atomic E-state index is 11.5. The third-order valence-electron chi connectivity index (χ3n) is 3.76.